The van der Waals surface area contributed by atoms with Crippen LogP contribution in [0.1, 0.15) is 45.6 Å². The average Bonchev–Trinajstić information content (AvgIpc) is 2.77. The van der Waals surface area contributed by atoms with E-state index in [1.165, 1.54) is 0 Å². The van der Waals surface area contributed by atoms with Gasteiger partial charge in [-0.3, -0.25) is 9.59 Å². The molecule has 0 aromatic heterocycles. The van der Waals surface area contributed by atoms with E-state index in [9.17, 15) is 9.59 Å². The Labute approximate surface area is 216 Å². The van der Waals surface area contributed by atoms with Crippen LogP contribution in [0.15, 0.2) is 47.4 Å². The van der Waals surface area contributed by atoms with E-state index in [4.69, 9.17) is 34.8 Å². The average molecular weight is 530 g/mol. The van der Waals surface area contributed by atoms with Crippen molar-refractivity contribution in [2.45, 2.75) is 57.5 Å². The molecule has 0 heterocycles. The molecule has 4 nitrogen and oxygen atoms in total. The van der Waals surface area contributed by atoms with E-state index in [2.05, 4.69) is 5.32 Å². The normalized spacial score (nSPS) is 12.0. The van der Waals surface area contributed by atoms with Crippen molar-refractivity contribution in [2.24, 2.45) is 5.92 Å². The van der Waals surface area contributed by atoms with Gasteiger partial charge in [0, 0.05) is 39.5 Å². The number of carbonyl (C=O) groups excluding carboxylic acids is 2. The van der Waals surface area contributed by atoms with Crippen molar-refractivity contribution >= 4 is 58.4 Å². The summed E-state index contributed by atoms with van der Waals surface area (Å²) in [5.41, 5.74) is 0.764. The van der Waals surface area contributed by atoms with Gasteiger partial charge in [-0.2, -0.15) is 0 Å². The Morgan fingerprint density at radius 3 is 2.30 bits per heavy atom. The lowest BCUT2D eigenvalue weighted by molar-refractivity contribution is -0.141. The van der Waals surface area contributed by atoms with E-state index in [0.29, 0.717) is 46.8 Å². The standard InChI is InChI=1S/C25H31Cl3N2O2S/c1-4-23(25(32)29-15-17(2)3)30(16-18-7-8-20(27)14-22(18)28)24(31)6-5-13-33-21-11-9-19(26)10-12-21/h7-12,14,17,23H,4-6,13,15-16H2,1-3H3,(H,29,32)/t23-/m0/s1. The van der Waals surface area contributed by atoms with Crippen LogP contribution in [-0.4, -0.2) is 35.1 Å². The molecule has 0 aliphatic carbocycles. The molecule has 1 atom stereocenters. The van der Waals surface area contributed by atoms with Gasteiger partial charge in [0.15, 0.2) is 0 Å². The maximum absolute atomic E-state index is 13.3. The molecule has 0 spiro atoms. The van der Waals surface area contributed by atoms with Gasteiger partial charge in [-0.25, -0.2) is 0 Å². The first-order valence-electron chi connectivity index (χ1n) is 11.1. The van der Waals surface area contributed by atoms with Gasteiger partial charge in [-0.15, -0.1) is 11.8 Å². The molecule has 1 N–H and O–H groups in total. The molecule has 0 aliphatic rings. The van der Waals surface area contributed by atoms with Crippen molar-refractivity contribution < 1.29 is 9.59 Å². The molecule has 33 heavy (non-hydrogen) atoms. The maximum Gasteiger partial charge on any atom is 0.242 e. The van der Waals surface area contributed by atoms with Crippen molar-refractivity contribution in [1.82, 2.24) is 10.2 Å². The zero-order valence-electron chi connectivity index (χ0n) is 19.2. The zero-order valence-corrected chi connectivity index (χ0v) is 22.3. The highest BCUT2D eigenvalue weighted by molar-refractivity contribution is 7.99. The predicted molar refractivity (Wildman–Crippen MR) is 140 cm³/mol. The van der Waals surface area contributed by atoms with Gasteiger partial charge in [-0.05, 0) is 66.5 Å². The summed E-state index contributed by atoms with van der Waals surface area (Å²) < 4.78 is 0. The lowest BCUT2D eigenvalue weighted by Gasteiger charge is -2.31. The third-order valence-electron chi connectivity index (χ3n) is 5.04. The molecule has 0 radical (unpaired) electrons. The third kappa shape index (κ3) is 9.40. The molecule has 0 bridgehead atoms. The molecule has 8 heteroatoms. The number of amides is 2. The second-order valence-corrected chi connectivity index (χ2v) is 10.7. The Morgan fingerprint density at radius 1 is 1.03 bits per heavy atom. The SMILES string of the molecule is CC[C@@H](C(=O)NCC(C)C)N(Cc1ccc(Cl)cc1Cl)C(=O)CCCSc1ccc(Cl)cc1. The van der Waals surface area contributed by atoms with E-state index in [0.717, 1.165) is 16.2 Å². The first kappa shape index (κ1) is 27.8. The first-order chi connectivity index (χ1) is 15.7. The van der Waals surface area contributed by atoms with Gasteiger partial charge < -0.3 is 10.2 Å². The fraction of sp³-hybridized carbons (Fsp3) is 0.440. The van der Waals surface area contributed by atoms with Crippen LogP contribution in [0.2, 0.25) is 15.1 Å². The maximum atomic E-state index is 13.3. The highest BCUT2D eigenvalue weighted by atomic mass is 35.5. The Bertz CT molecular complexity index is 922. The van der Waals surface area contributed by atoms with Crippen molar-refractivity contribution in [3.05, 3.63) is 63.1 Å². The smallest absolute Gasteiger partial charge is 0.242 e. The van der Waals surface area contributed by atoms with Crippen molar-refractivity contribution in [3.8, 4) is 0 Å². The highest BCUT2D eigenvalue weighted by Crippen LogP contribution is 2.25. The summed E-state index contributed by atoms with van der Waals surface area (Å²) in [4.78, 5) is 29.0. The van der Waals surface area contributed by atoms with E-state index in [1.807, 2.05) is 45.0 Å². The second-order valence-electron chi connectivity index (χ2n) is 8.23. The van der Waals surface area contributed by atoms with Crippen molar-refractivity contribution in [3.63, 3.8) is 0 Å². The molecular weight excluding hydrogens is 499 g/mol. The lowest BCUT2D eigenvalue weighted by atomic mass is 10.1. The molecule has 2 rings (SSSR count). The van der Waals surface area contributed by atoms with Crippen LogP contribution >= 0.6 is 46.6 Å². The Balaban J connectivity index is 2.09. The van der Waals surface area contributed by atoms with Gasteiger partial charge in [0.1, 0.15) is 6.04 Å². The van der Waals surface area contributed by atoms with Crippen LogP contribution in [0.5, 0.6) is 0 Å². The number of nitrogens with one attached hydrogen (secondary N) is 1. The Morgan fingerprint density at radius 2 is 1.70 bits per heavy atom. The number of hydrogen-bond acceptors (Lipinski definition) is 3. The summed E-state index contributed by atoms with van der Waals surface area (Å²) in [6, 6.07) is 12.3. The molecule has 0 fully saturated rings. The minimum Gasteiger partial charge on any atom is -0.354 e. The van der Waals surface area contributed by atoms with Gasteiger partial charge in [0.2, 0.25) is 11.8 Å². The Hall–Kier alpha value is -1.40. The minimum absolute atomic E-state index is 0.0655. The van der Waals surface area contributed by atoms with Crippen molar-refractivity contribution in [2.75, 3.05) is 12.3 Å². The van der Waals surface area contributed by atoms with E-state index in [-0.39, 0.29) is 18.4 Å². The molecule has 2 aromatic rings. The van der Waals surface area contributed by atoms with Crippen LogP contribution in [0.4, 0.5) is 0 Å². The number of benzene rings is 2. The molecule has 180 valence electrons. The molecule has 2 amide bonds. The summed E-state index contributed by atoms with van der Waals surface area (Å²) >= 11 is 20.0. The van der Waals surface area contributed by atoms with Crippen LogP contribution in [0.3, 0.4) is 0 Å². The quantitative estimate of drug-likeness (QED) is 0.236. The summed E-state index contributed by atoms with van der Waals surface area (Å²) in [6.45, 7) is 6.81. The highest BCUT2D eigenvalue weighted by Gasteiger charge is 2.28. The van der Waals surface area contributed by atoms with Crippen LogP contribution < -0.4 is 5.32 Å². The summed E-state index contributed by atoms with van der Waals surface area (Å²) in [5, 5.41) is 4.68. The number of rotatable bonds is 12. The summed E-state index contributed by atoms with van der Waals surface area (Å²) in [5.74, 6) is 0.912. The molecule has 0 saturated heterocycles. The monoisotopic (exact) mass is 528 g/mol. The Kier molecular flexibility index (Phi) is 11.9. The first-order valence-corrected chi connectivity index (χ1v) is 13.2. The van der Waals surface area contributed by atoms with E-state index >= 15 is 0 Å². The number of carbonyl (C=O) groups is 2. The summed E-state index contributed by atoms with van der Waals surface area (Å²) in [6.07, 6.45) is 1.56. The fourth-order valence-electron chi connectivity index (χ4n) is 3.26. The predicted octanol–water partition coefficient (Wildman–Crippen LogP) is 7.10. The van der Waals surface area contributed by atoms with Crippen LogP contribution in [0, 0.1) is 5.92 Å². The second kappa shape index (κ2) is 14.1. The molecule has 0 saturated carbocycles. The number of thioether (sulfide) groups is 1. The van der Waals surface area contributed by atoms with Gasteiger partial charge in [0.05, 0.1) is 0 Å². The molecule has 0 aliphatic heterocycles. The third-order valence-corrected chi connectivity index (χ3v) is 6.98. The fourth-order valence-corrected chi connectivity index (χ4v) is 4.71. The van der Waals surface area contributed by atoms with Crippen molar-refractivity contribution in [1.29, 1.82) is 0 Å². The number of hydrogen-bond donors (Lipinski definition) is 1. The molecule has 2 aromatic carbocycles. The molecule has 0 unspecified atom stereocenters. The number of nitrogens with zero attached hydrogens (tertiary/aromatic N) is 1. The van der Waals surface area contributed by atoms with Crippen LogP contribution in [0.25, 0.3) is 0 Å². The van der Waals surface area contributed by atoms with Crippen LogP contribution in [-0.2, 0) is 16.1 Å². The topological polar surface area (TPSA) is 49.4 Å². The lowest BCUT2D eigenvalue weighted by Crippen LogP contribution is -2.49. The minimum atomic E-state index is -0.563. The number of halogens is 3. The largest absolute Gasteiger partial charge is 0.354 e. The molecular formula is C25H31Cl3N2O2S. The van der Waals surface area contributed by atoms with E-state index in [1.54, 1.807) is 34.9 Å². The zero-order chi connectivity index (χ0) is 24.4. The summed E-state index contributed by atoms with van der Waals surface area (Å²) in [7, 11) is 0. The van der Waals surface area contributed by atoms with Gasteiger partial charge >= 0.3 is 0 Å². The van der Waals surface area contributed by atoms with E-state index < -0.39 is 6.04 Å². The van der Waals surface area contributed by atoms with Gasteiger partial charge in [-0.1, -0.05) is 61.6 Å². The van der Waals surface area contributed by atoms with Gasteiger partial charge in [0.25, 0.3) is 0 Å².